The van der Waals surface area contributed by atoms with Gasteiger partial charge in [0.2, 0.25) is 0 Å². The van der Waals surface area contributed by atoms with Gasteiger partial charge in [-0.2, -0.15) is 0 Å². The monoisotopic (exact) mass is 291 g/mol. The highest BCUT2D eigenvalue weighted by Gasteiger charge is 2.38. The number of aryl methyl sites for hydroxylation is 2. The number of nitrogens with one attached hydrogen (secondary N) is 2. The lowest BCUT2D eigenvalue weighted by Crippen LogP contribution is -2.50. The van der Waals surface area contributed by atoms with E-state index in [4.69, 9.17) is 12.2 Å². The molecule has 1 saturated heterocycles. The van der Waals surface area contributed by atoms with Crippen LogP contribution in [-0.2, 0) is 0 Å². The fourth-order valence-electron chi connectivity index (χ4n) is 2.54. The summed E-state index contributed by atoms with van der Waals surface area (Å²) in [6, 6.07) is 6.45. The van der Waals surface area contributed by atoms with Gasteiger partial charge in [-0.05, 0) is 68.6 Å². The van der Waals surface area contributed by atoms with Gasteiger partial charge in [0.1, 0.15) is 5.66 Å². The van der Waals surface area contributed by atoms with Crippen LogP contribution in [0.2, 0.25) is 0 Å². The Balaban J connectivity index is 2.21. The number of hydrogen-bond donors (Lipinski definition) is 2. The van der Waals surface area contributed by atoms with Gasteiger partial charge in [0.05, 0.1) is 5.69 Å². The lowest BCUT2D eigenvalue weighted by molar-refractivity contribution is 0.294. The van der Waals surface area contributed by atoms with Crippen LogP contribution in [0.3, 0.4) is 0 Å². The third-order valence-electron chi connectivity index (χ3n) is 4.18. The van der Waals surface area contributed by atoms with Gasteiger partial charge < -0.3 is 5.32 Å². The van der Waals surface area contributed by atoms with Crippen molar-refractivity contribution in [3.63, 3.8) is 0 Å². The van der Waals surface area contributed by atoms with Crippen LogP contribution in [0.5, 0.6) is 0 Å². The second-order valence-electron chi connectivity index (χ2n) is 5.69. The molecule has 2 N–H and O–H groups in total. The molecule has 110 valence electrons. The SMILES string of the molecule is CCCCC1(CC)NC(=S)N(c2ccc(C)c(C)c2)N1. The van der Waals surface area contributed by atoms with Gasteiger partial charge >= 0.3 is 0 Å². The summed E-state index contributed by atoms with van der Waals surface area (Å²) in [4.78, 5) is 0. The first kappa shape index (κ1) is 15.3. The highest BCUT2D eigenvalue weighted by Crippen LogP contribution is 2.26. The molecular weight excluding hydrogens is 266 g/mol. The van der Waals surface area contributed by atoms with Crippen LogP contribution in [0.25, 0.3) is 0 Å². The zero-order valence-electron chi connectivity index (χ0n) is 12.9. The number of thiocarbonyl (C=S) groups is 1. The van der Waals surface area contributed by atoms with Gasteiger partial charge in [-0.25, -0.2) is 5.43 Å². The number of nitrogens with zero attached hydrogens (tertiary/aromatic N) is 1. The molecule has 2 rings (SSSR count). The first-order valence-electron chi connectivity index (χ1n) is 7.48. The van der Waals surface area contributed by atoms with E-state index in [0.717, 1.165) is 23.6 Å². The minimum atomic E-state index is -0.0914. The molecule has 0 aliphatic carbocycles. The molecule has 1 heterocycles. The lowest BCUT2D eigenvalue weighted by Gasteiger charge is -2.28. The van der Waals surface area contributed by atoms with E-state index >= 15 is 0 Å². The van der Waals surface area contributed by atoms with E-state index < -0.39 is 0 Å². The molecule has 1 aromatic rings. The van der Waals surface area contributed by atoms with Crippen molar-refractivity contribution in [1.29, 1.82) is 0 Å². The maximum Gasteiger partial charge on any atom is 0.189 e. The van der Waals surface area contributed by atoms with Crippen molar-refractivity contribution in [1.82, 2.24) is 10.7 Å². The predicted octanol–water partition coefficient (Wildman–Crippen LogP) is 3.80. The zero-order chi connectivity index (χ0) is 14.8. The van der Waals surface area contributed by atoms with Crippen LogP contribution in [0.4, 0.5) is 5.69 Å². The van der Waals surface area contributed by atoms with Gasteiger partial charge in [-0.1, -0.05) is 26.3 Å². The molecule has 3 nitrogen and oxygen atoms in total. The largest absolute Gasteiger partial charge is 0.342 e. The van der Waals surface area contributed by atoms with Gasteiger partial charge in [-0.15, -0.1) is 0 Å². The van der Waals surface area contributed by atoms with E-state index in [1.54, 1.807) is 0 Å². The Hall–Kier alpha value is -1.13. The van der Waals surface area contributed by atoms with Crippen molar-refractivity contribution in [2.45, 2.75) is 59.0 Å². The van der Waals surface area contributed by atoms with Crippen LogP contribution >= 0.6 is 12.2 Å². The highest BCUT2D eigenvalue weighted by molar-refractivity contribution is 7.80. The zero-order valence-corrected chi connectivity index (χ0v) is 13.7. The minimum absolute atomic E-state index is 0.0914. The van der Waals surface area contributed by atoms with E-state index in [0.29, 0.717) is 0 Å². The van der Waals surface area contributed by atoms with Gasteiger partial charge in [0.15, 0.2) is 5.11 Å². The Bertz CT molecular complexity index is 500. The number of rotatable bonds is 5. The second-order valence-corrected chi connectivity index (χ2v) is 6.07. The Morgan fingerprint density at radius 3 is 2.55 bits per heavy atom. The molecule has 0 bridgehead atoms. The first-order valence-corrected chi connectivity index (χ1v) is 7.89. The Morgan fingerprint density at radius 2 is 1.95 bits per heavy atom. The number of hydrazine groups is 1. The standard InChI is InChI=1S/C16H25N3S/c1-5-7-10-16(6-2)17-15(20)19(18-16)14-9-8-12(3)13(4)11-14/h8-9,11,18H,5-7,10H2,1-4H3,(H,17,20). The lowest BCUT2D eigenvalue weighted by atomic mass is 10.0. The summed E-state index contributed by atoms with van der Waals surface area (Å²) in [5, 5.41) is 6.27. The Morgan fingerprint density at radius 1 is 1.20 bits per heavy atom. The van der Waals surface area contributed by atoms with Gasteiger partial charge in [0.25, 0.3) is 0 Å². The van der Waals surface area contributed by atoms with E-state index in [2.05, 4.69) is 56.6 Å². The van der Waals surface area contributed by atoms with Gasteiger partial charge in [-0.3, -0.25) is 5.01 Å². The maximum absolute atomic E-state index is 5.52. The molecule has 1 aliphatic heterocycles. The molecule has 1 atom stereocenters. The quantitative estimate of drug-likeness (QED) is 0.807. The molecule has 0 aromatic heterocycles. The summed E-state index contributed by atoms with van der Waals surface area (Å²) >= 11 is 5.52. The summed E-state index contributed by atoms with van der Waals surface area (Å²) in [6.07, 6.45) is 4.48. The smallest absolute Gasteiger partial charge is 0.189 e. The van der Waals surface area contributed by atoms with Crippen molar-refractivity contribution in [3.05, 3.63) is 29.3 Å². The normalized spacial score (nSPS) is 22.2. The van der Waals surface area contributed by atoms with Crippen LogP contribution in [0.1, 0.15) is 50.7 Å². The topological polar surface area (TPSA) is 27.3 Å². The van der Waals surface area contributed by atoms with Crippen LogP contribution in [-0.4, -0.2) is 10.8 Å². The third kappa shape index (κ3) is 2.96. The molecule has 4 heteroatoms. The van der Waals surface area contributed by atoms with E-state index in [1.807, 2.05) is 5.01 Å². The summed E-state index contributed by atoms with van der Waals surface area (Å²) in [6.45, 7) is 8.68. The Labute approximate surface area is 127 Å². The minimum Gasteiger partial charge on any atom is -0.342 e. The predicted molar refractivity (Wildman–Crippen MR) is 89.8 cm³/mol. The fourth-order valence-corrected chi connectivity index (χ4v) is 2.89. The number of benzene rings is 1. The third-order valence-corrected chi connectivity index (χ3v) is 4.47. The van der Waals surface area contributed by atoms with Crippen LogP contribution in [0.15, 0.2) is 18.2 Å². The van der Waals surface area contributed by atoms with Crippen molar-refractivity contribution in [3.8, 4) is 0 Å². The van der Waals surface area contributed by atoms with Gasteiger partial charge in [0, 0.05) is 0 Å². The maximum atomic E-state index is 5.52. The second kappa shape index (κ2) is 6.10. The molecule has 0 saturated carbocycles. The molecular formula is C16H25N3S. The molecule has 0 spiro atoms. The van der Waals surface area contributed by atoms with Crippen LogP contribution < -0.4 is 15.8 Å². The molecule has 1 unspecified atom stereocenters. The number of anilines is 1. The van der Waals surface area contributed by atoms with Crippen molar-refractivity contribution >= 4 is 23.0 Å². The molecule has 1 aromatic carbocycles. The fraction of sp³-hybridized carbons (Fsp3) is 0.562. The van der Waals surface area contributed by atoms with Crippen molar-refractivity contribution in [2.75, 3.05) is 5.01 Å². The highest BCUT2D eigenvalue weighted by atomic mass is 32.1. The molecule has 0 radical (unpaired) electrons. The number of unbranched alkanes of at least 4 members (excludes halogenated alkanes) is 1. The molecule has 1 fully saturated rings. The van der Waals surface area contributed by atoms with Crippen molar-refractivity contribution < 1.29 is 0 Å². The summed E-state index contributed by atoms with van der Waals surface area (Å²) in [7, 11) is 0. The average molecular weight is 291 g/mol. The molecule has 0 amide bonds. The van der Waals surface area contributed by atoms with E-state index in [9.17, 15) is 0 Å². The number of hydrogen-bond acceptors (Lipinski definition) is 2. The summed E-state index contributed by atoms with van der Waals surface area (Å²) < 4.78 is 0. The average Bonchev–Trinajstić information content (AvgIpc) is 2.77. The van der Waals surface area contributed by atoms with E-state index in [1.165, 1.54) is 24.0 Å². The summed E-state index contributed by atoms with van der Waals surface area (Å²) in [5.41, 5.74) is 7.19. The molecule has 20 heavy (non-hydrogen) atoms. The molecule has 1 aliphatic rings. The van der Waals surface area contributed by atoms with E-state index in [-0.39, 0.29) is 5.66 Å². The Kier molecular flexibility index (Phi) is 4.66. The van der Waals surface area contributed by atoms with Crippen LogP contribution in [0, 0.1) is 13.8 Å². The first-order chi connectivity index (χ1) is 9.51. The van der Waals surface area contributed by atoms with Crippen molar-refractivity contribution in [2.24, 2.45) is 0 Å². The summed E-state index contributed by atoms with van der Waals surface area (Å²) in [5.74, 6) is 0.